The van der Waals surface area contributed by atoms with Gasteiger partial charge in [0.15, 0.2) is 18.2 Å². The molecule has 9 heteroatoms. The summed E-state index contributed by atoms with van der Waals surface area (Å²) >= 11 is 0. The van der Waals surface area contributed by atoms with Gasteiger partial charge in [0.25, 0.3) is 5.91 Å². The van der Waals surface area contributed by atoms with E-state index in [1.807, 2.05) is 0 Å². The molecular weight excluding hydrogens is 381 g/mol. The van der Waals surface area contributed by atoms with Crippen LogP contribution in [-0.2, 0) is 11.3 Å². The fraction of sp³-hybridized carbons (Fsp3) is 0.250. The lowest BCUT2D eigenvalue weighted by atomic mass is 10.2. The summed E-state index contributed by atoms with van der Waals surface area (Å²) in [5.41, 5.74) is 0.716. The Morgan fingerprint density at radius 2 is 1.93 bits per heavy atom. The maximum absolute atomic E-state index is 14.1. The highest BCUT2D eigenvalue weighted by atomic mass is 19.1. The number of benzene rings is 2. The first kappa shape index (κ1) is 20.3. The van der Waals surface area contributed by atoms with Crippen molar-refractivity contribution < 1.29 is 27.9 Å². The predicted molar refractivity (Wildman–Crippen MR) is 102 cm³/mol. The van der Waals surface area contributed by atoms with Crippen LogP contribution in [0.2, 0.25) is 0 Å². The molecule has 1 N–H and O–H groups in total. The molecule has 0 bridgehead atoms. The zero-order valence-electron chi connectivity index (χ0n) is 16.0. The van der Waals surface area contributed by atoms with E-state index in [0.29, 0.717) is 35.3 Å². The third-order valence-corrected chi connectivity index (χ3v) is 3.79. The number of rotatable bonds is 9. The lowest BCUT2D eigenvalue weighted by molar-refractivity contribution is 0.102. The van der Waals surface area contributed by atoms with Gasteiger partial charge in [0, 0.05) is 31.4 Å². The highest BCUT2D eigenvalue weighted by Gasteiger charge is 2.10. The molecule has 0 saturated heterocycles. The zero-order chi connectivity index (χ0) is 20.6. The summed E-state index contributed by atoms with van der Waals surface area (Å²) in [5.74, 6) is 0.589. The van der Waals surface area contributed by atoms with Crippen molar-refractivity contribution in [3.63, 3.8) is 0 Å². The molecule has 3 rings (SSSR count). The highest BCUT2D eigenvalue weighted by molar-refractivity contribution is 6.04. The number of aryl methyl sites for hydroxylation is 1. The Morgan fingerprint density at radius 3 is 2.59 bits per heavy atom. The van der Waals surface area contributed by atoms with Crippen LogP contribution < -0.4 is 14.8 Å². The summed E-state index contributed by atoms with van der Waals surface area (Å²) in [7, 11) is 1.53. The van der Waals surface area contributed by atoms with Gasteiger partial charge in [-0.1, -0.05) is 5.16 Å². The molecule has 0 saturated carbocycles. The van der Waals surface area contributed by atoms with Gasteiger partial charge in [0.2, 0.25) is 11.7 Å². The van der Waals surface area contributed by atoms with Gasteiger partial charge < -0.3 is 24.1 Å². The second-order valence-electron chi connectivity index (χ2n) is 5.98. The van der Waals surface area contributed by atoms with Gasteiger partial charge in [-0.05, 0) is 36.4 Å². The molecule has 0 spiro atoms. The van der Waals surface area contributed by atoms with Crippen molar-refractivity contribution in [3.8, 4) is 11.5 Å². The molecule has 0 aliphatic rings. The van der Waals surface area contributed by atoms with Crippen molar-refractivity contribution in [2.75, 3.05) is 25.6 Å². The van der Waals surface area contributed by atoms with Crippen molar-refractivity contribution in [3.05, 3.63) is 65.6 Å². The molecular formula is C20H20FN3O5. The number of nitrogens with one attached hydrogen (secondary N) is 1. The van der Waals surface area contributed by atoms with E-state index in [4.69, 9.17) is 18.7 Å². The number of anilines is 1. The van der Waals surface area contributed by atoms with Crippen LogP contribution in [0.5, 0.6) is 11.5 Å². The summed E-state index contributed by atoms with van der Waals surface area (Å²) < 4.78 is 34.6. The van der Waals surface area contributed by atoms with Gasteiger partial charge in [-0.15, -0.1) is 0 Å². The van der Waals surface area contributed by atoms with E-state index in [1.165, 1.54) is 19.2 Å². The number of carbonyl (C=O) groups excluding carboxylic acids is 1. The fourth-order valence-corrected chi connectivity index (χ4v) is 2.38. The Bertz CT molecular complexity index is 959. The average molecular weight is 401 g/mol. The number of amides is 1. The molecule has 152 valence electrons. The standard InChI is InChI=1S/C20H20FN3O5/c1-13-22-19(24-29-13)12-28-16-6-3-14(4-7-16)20(25)23-15-5-8-18(17(21)11-15)27-10-9-26-2/h3-8,11H,9-10,12H2,1-2H3,(H,23,25). The normalized spacial score (nSPS) is 10.6. The Morgan fingerprint density at radius 1 is 1.14 bits per heavy atom. The van der Waals surface area contributed by atoms with Gasteiger partial charge in [-0.3, -0.25) is 4.79 Å². The predicted octanol–water partition coefficient (Wildman–Crippen LogP) is 3.37. The molecule has 1 amide bonds. The van der Waals surface area contributed by atoms with Gasteiger partial charge in [0.1, 0.15) is 12.4 Å². The zero-order valence-corrected chi connectivity index (χ0v) is 16.0. The largest absolute Gasteiger partial charge is 0.488 e. The van der Waals surface area contributed by atoms with E-state index >= 15 is 0 Å². The van der Waals surface area contributed by atoms with E-state index < -0.39 is 5.82 Å². The van der Waals surface area contributed by atoms with Crippen LogP contribution >= 0.6 is 0 Å². The minimum Gasteiger partial charge on any atom is -0.488 e. The average Bonchev–Trinajstić information content (AvgIpc) is 3.14. The number of aromatic nitrogens is 2. The van der Waals surface area contributed by atoms with E-state index in [9.17, 15) is 9.18 Å². The highest BCUT2D eigenvalue weighted by Crippen LogP contribution is 2.22. The van der Waals surface area contributed by atoms with Crippen LogP contribution in [0.3, 0.4) is 0 Å². The molecule has 0 fully saturated rings. The summed E-state index contributed by atoms with van der Waals surface area (Å²) in [6, 6.07) is 10.7. The van der Waals surface area contributed by atoms with Crippen LogP contribution in [0, 0.1) is 12.7 Å². The lowest BCUT2D eigenvalue weighted by Gasteiger charge is -2.10. The number of nitrogens with zero attached hydrogens (tertiary/aromatic N) is 2. The third-order valence-electron chi connectivity index (χ3n) is 3.79. The van der Waals surface area contributed by atoms with Crippen molar-refractivity contribution in [2.45, 2.75) is 13.5 Å². The van der Waals surface area contributed by atoms with Gasteiger partial charge in [-0.2, -0.15) is 4.98 Å². The van der Waals surface area contributed by atoms with Crippen molar-refractivity contribution in [1.29, 1.82) is 0 Å². The Labute approximate surface area is 166 Å². The molecule has 8 nitrogen and oxygen atoms in total. The fourth-order valence-electron chi connectivity index (χ4n) is 2.38. The molecule has 0 aliphatic heterocycles. The maximum atomic E-state index is 14.1. The van der Waals surface area contributed by atoms with Crippen LogP contribution in [-0.4, -0.2) is 36.4 Å². The second-order valence-corrected chi connectivity index (χ2v) is 5.98. The monoisotopic (exact) mass is 401 g/mol. The van der Waals surface area contributed by atoms with Gasteiger partial charge >= 0.3 is 0 Å². The van der Waals surface area contributed by atoms with Crippen molar-refractivity contribution in [1.82, 2.24) is 10.1 Å². The number of methoxy groups -OCH3 is 1. The lowest BCUT2D eigenvalue weighted by Crippen LogP contribution is -2.12. The van der Waals surface area contributed by atoms with Crippen LogP contribution in [0.4, 0.5) is 10.1 Å². The molecule has 29 heavy (non-hydrogen) atoms. The molecule has 1 heterocycles. The minimum atomic E-state index is -0.570. The second kappa shape index (κ2) is 9.65. The molecule has 0 unspecified atom stereocenters. The van der Waals surface area contributed by atoms with Gasteiger partial charge in [0.05, 0.1) is 6.61 Å². The van der Waals surface area contributed by atoms with Gasteiger partial charge in [-0.25, -0.2) is 4.39 Å². The molecule has 3 aromatic rings. The first-order valence-electron chi connectivity index (χ1n) is 8.80. The summed E-state index contributed by atoms with van der Waals surface area (Å²) in [6.07, 6.45) is 0. The van der Waals surface area contributed by atoms with Crippen LogP contribution in [0.15, 0.2) is 47.0 Å². The van der Waals surface area contributed by atoms with E-state index in [0.717, 1.165) is 0 Å². The van der Waals surface area contributed by atoms with E-state index in [-0.39, 0.29) is 24.9 Å². The summed E-state index contributed by atoms with van der Waals surface area (Å²) in [6.45, 7) is 2.44. The molecule has 0 aliphatic carbocycles. The SMILES string of the molecule is COCCOc1ccc(NC(=O)c2ccc(OCc3noc(C)n3)cc2)cc1F. The molecule has 0 radical (unpaired) electrons. The van der Waals surface area contributed by atoms with Crippen LogP contribution in [0.1, 0.15) is 22.1 Å². The molecule has 0 atom stereocenters. The first-order chi connectivity index (χ1) is 14.0. The number of hydrogen-bond acceptors (Lipinski definition) is 7. The Hall–Kier alpha value is -3.46. The Balaban J connectivity index is 1.55. The number of carbonyl (C=O) groups is 1. The minimum absolute atomic E-state index is 0.0957. The molecule has 1 aromatic heterocycles. The van der Waals surface area contributed by atoms with E-state index in [2.05, 4.69) is 15.5 Å². The van der Waals surface area contributed by atoms with Crippen molar-refractivity contribution in [2.24, 2.45) is 0 Å². The topological polar surface area (TPSA) is 95.7 Å². The van der Waals surface area contributed by atoms with Crippen LogP contribution in [0.25, 0.3) is 0 Å². The number of halogens is 1. The summed E-state index contributed by atoms with van der Waals surface area (Å²) in [4.78, 5) is 16.4. The third kappa shape index (κ3) is 5.76. The van der Waals surface area contributed by atoms with Crippen molar-refractivity contribution >= 4 is 11.6 Å². The van der Waals surface area contributed by atoms with E-state index in [1.54, 1.807) is 37.3 Å². The molecule has 2 aromatic carbocycles. The maximum Gasteiger partial charge on any atom is 0.255 e. The first-order valence-corrected chi connectivity index (χ1v) is 8.80. The number of ether oxygens (including phenoxy) is 3. The Kier molecular flexibility index (Phi) is 6.75. The number of hydrogen-bond donors (Lipinski definition) is 1. The smallest absolute Gasteiger partial charge is 0.255 e. The summed E-state index contributed by atoms with van der Waals surface area (Å²) in [5, 5.41) is 6.38. The quantitative estimate of drug-likeness (QED) is 0.549.